The average molecular weight is 162 g/mol. The number of hydrogen-bond acceptors (Lipinski definition) is 1. The minimum atomic E-state index is 0.809. The highest BCUT2D eigenvalue weighted by molar-refractivity contribution is 6.17. The van der Waals surface area contributed by atoms with Crippen LogP contribution in [0.15, 0.2) is 0 Å². The Morgan fingerprint density at radius 3 is 2.60 bits per heavy atom. The molecule has 2 heteroatoms. The summed E-state index contributed by atoms with van der Waals surface area (Å²) in [6, 6.07) is 0.910. The van der Waals surface area contributed by atoms with Crippen LogP contribution in [0.2, 0.25) is 0 Å². The molecular formula is C8H16ClN. The van der Waals surface area contributed by atoms with E-state index < -0.39 is 0 Å². The summed E-state index contributed by atoms with van der Waals surface area (Å²) in [5.41, 5.74) is 0. The number of halogens is 1. The normalized spacial score (nSPS) is 18.3. The predicted molar refractivity (Wildman–Crippen MR) is 45.6 cm³/mol. The lowest BCUT2D eigenvalue weighted by molar-refractivity contribution is 0.279. The molecule has 0 heterocycles. The van der Waals surface area contributed by atoms with Gasteiger partial charge in [-0.2, -0.15) is 0 Å². The van der Waals surface area contributed by atoms with Gasteiger partial charge in [0.05, 0.1) is 0 Å². The number of alkyl halides is 1. The van der Waals surface area contributed by atoms with Gasteiger partial charge in [-0.05, 0) is 32.4 Å². The largest absolute Gasteiger partial charge is 0.301 e. The number of nitrogens with zero attached hydrogens (tertiary/aromatic N) is 1. The van der Waals surface area contributed by atoms with Crippen LogP contribution in [0.3, 0.4) is 0 Å². The van der Waals surface area contributed by atoms with Gasteiger partial charge in [0.1, 0.15) is 0 Å². The molecule has 0 aliphatic heterocycles. The smallest absolute Gasteiger partial charge is 0.0235 e. The van der Waals surface area contributed by atoms with E-state index in [0.717, 1.165) is 18.3 Å². The first kappa shape index (κ1) is 8.35. The zero-order chi connectivity index (χ0) is 7.40. The first-order valence-electron chi connectivity index (χ1n) is 4.18. The van der Waals surface area contributed by atoms with Crippen LogP contribution in [0.1, 0.15) is 26.2 Å². The van der Waals surface area contributed by atoms with Gasteiger partial charge in [0.15, 0.2) is 0 Å². The van der Waals surface area contributed by atoms with Crippen molar-refractivity contribution in [3.8, 4) is 0 Å². The van der Waals surface area contributed by atoms with Crippen LogP contribution < -0.4 is 0 Å². The van der Waals surface area contributed by atoms with Crippen LogP contribution in [0.4, 0.5) is 0 Å². The molecule has 0 unspecified atom stereocenters. The Kier molecular flexibility index (Phi) is 3.50. The number of hydrogen-bond donors (Lipinski definition) is 0. The maximum atomic E-state index is 5.60. The molecule has 1 saturated carbocycles. The molecule has 0 amide bonds. The molecule has 1 aliphatic rings. The zero-order valence-electron chi connectivity index (χ0n) is 6.65. The summed E-state index contributed by atoms with van der Waals surface area (Å²) < 4.78 is 0. The third-order valence-electron chi connectivity index (χ3n) is 2.05. The van der Waals surface area contributed by atoms with Crippen molar-refractivity contribution in [1.82, 2.24) is 4.90 Å². The van der Waals surface area contributed by atoms with Crippen molar-refractivity contribution in [2.45, 2.75) is 32.2 Å². The van der Waals surface area contributed by atoms with E-state index in [1.807, 2.05) is 0 Å². The molecule has 0 aromatic carbocycles. The molecule has 1 aliphatic carbocycles. The summed E-state index contributed by atoms with van der Waals surface area (Å²) in [4.78, 5) is 2.53. The van der Waals surface area contributed by atoms with Crippen molar-refractivity contribution in [2.75, 3.05) is 19.0 Å². The van der Waals surface area contributed by atoms with Crippen LogP contribution in [0, 0.1) is 0 Å². The molecule has 0 aromatic rings. The van der Waals surface area contributed by atoms with E-state index in [0.29, 0.717) is 0 Å². The molecule has 1 fully saturated rings. The maximum Gasteiger partial charge on any atom is 0.0235 e. The lowest BCUT2D eigenvalue weighted by Gasteiger charge is -2.18. The minimum Gasteiger partial charge on any atom is -0.301 e. The molecule has 0 radical (unpaired) electrons. The Bertz CT molecular complexity index is 91.3. The van der Waals surface area contributed by atoms with Crippen molar-refractivity contribution in [3.63, 3.8) is 0 Å². The standard InChI is InChI=1S/C8H16ClN/c1-2-10(7-3-6-9)8-4-5-8/h8H,2-7H2,1H3. The van der Waals surface area contributed by atoms with Gasteiger partial charge >= 0.3 is 0 Å². The fraction of sp³-hybridized carbons (Fsp3) is 1.00. The van der Waals surface area contributed by atoms with E-state index in [1.165, 1.54) is 25.9 Å². The Hall–Kier alpha value is 0.250. The quantitative estimate of drug-likeness (QED) is 0.559. The summed E-state index contributed by atoms with van der Waals surface area (Å²) in [5, 5.41) is 0. The van der Waals surface area contributed by atoms with Gasteiger partial charge in [-0.25, -0.2) is 0 Å². The predicted octanol–water partition coefficient (Wildman–Crippen LogP) is 2.10. The van der Waals surface area contributed by atoms with Crippen LogP contribution in [-0.4, -0.2) is 29.9 Å². The van der Waals surface area contributed by atoms with E-state index >= 15 is 0 Å². The second-order valence-corrected chi connectivity index (χ2v) is 3.28. The van der Waals surface area contributed by atoms with Crippen LogP contribution in [0.5, 0.6) is 0 Å². The molecule has 0 aromatic heterocycles. The van der Waals surface area contributed by atoms with Gasteiger partial charge < -0.3 is 4.90 Å². The second kappa shape index (κ2) is 4.20. The molecular weight excluding hydrogens is 146 g/mol. The summed E-state index contributed by atoms with van der Waals surface area (Å²) in [7, 11) is 0. The molecule has 1 rings (SSSR count). The van der Waals surface area contributed by atoms with E-state index in [2.05, 4.69) is 11.8 Å². The highest BCUT2D eigenvalue weighted by Crippen LogP contribution is 2.26. The van der Waals surface area contributed by atoms with E-state index in [4.69, 9.17) is 11.6 Å². The summed E-state index contributed by atoms with van der Waals surface area (Å²) in [5.74, 6) is 0.809. The van der Waals surface area contributed by atoms with E-state index in [1.54, 1.807) is 0 Å². The summed E-state index contributed by atoms with van der Waals surface area (Å²) in [6.45, 7) is 4.62. The Morgan fingerprint density at radius 1 is 1.50 bits per heavy atom. The molecule has 0 atom stereocenters. The van der Waals surface area contributed by atoms with Gasteiger partial charge in [0, 0.05) is 11.9 Å². The molecule has 0 saturated heterocycles. The first-order chi connectivity index (χ1) is 4.88. The van der Waals surface area contributed by atoms with E-state index in [9.17, 15) is 0 Å². The van der Waals surface area contributed by atoms with Crippen molar-refractivity contribution >= 4 is 11.6 Å². The second-order valence-electron chi connectivity index (χ2n) is 2.90. The van der Waals surface area contributed by atoms with Gasteiger partial charge in [-0.1, -0.05) is 6.92 Å². The van der Waals surface area contributed by atoms with Crippen LogP contribution in [0.25, 0.3) is 0 Å². The number of rotatable bonds is 5. The highest BCUT2D eigenvalue weighted by atomic mass is 35.5. The van der Waals surface area contributed by atoms with Crippen LogP contribution >= 0.6 is 11.6 Å². The molecule has 0 bridgehead atoms. The minimum absolute atomic E-state index is 0.809. The first-order valence-corrected chi connectivity index (χ1v) is 4.72. The Morgan fingerprint density at radius 2 is 2.20 bits per heavy atom. The Labute approximate surface area is 68.4 Å². The van der Waals surface area contributed by atoms with Crippen molar-refractivity contribution < 1.29 is 0 Å². The lowest BCUT2D eigenvalue weighted by Crippen LogP contribution is -2.26. The van der Waals surface area contributed by atoms with E-state index in [-0.39, 0.29) is 0 Å². The van der Waals surface area contributed by atoms with Crippen molar-refractivity contribution in [2.24, 2.45) is 0 Å². The molecule has 0 spiro atoms. The average Bonchev–Trinajstić information content (AvgIpc) is 2.73. The summed E-state index contributed by atoms with van der Waals surface area (Å²) >= 11 is 5.60. The lowest BCUT2D eigenvalue weighted by atomic mass is 10.4. The van der Waals surface area contributed by atoms with Gasteiger partial charge in [-0.3, -0.25) is 0 Å². The fourth-order valence-corrected chi connectivity index (χ4v) is 1.42. The third kappa shape index (κ3) is 2.47. The van der Waals surface area contributed by atoms with Gasteiger partial charge in [-0.15, -0.1) is 11.6 Å². The van der Waals surface area contributed by atoms with Gasteiger partial charge in [0.25, 0.3) is 0 Å². The highest BCUT2D eigenvalue weighted by Gasteiger charge is 2.26. The molecule has 10 heavy (non-hydrogen) atoms. The molecule has 0 N–H and O–H groups in total. The van der Waals surface area contributed by atoms with Crippen molar-refractivity contribution in [3.05, 3.63) is 0 Å². The third-order valence-corrected chi connectivity index (χ3v) is 2.32. The molecule has 1 nitrogen and oxygen atoms in total. The zero-order valence-corrected chi connectivity index (χ0v) is 7.40. The van der Waals surface area contributed by atoms with Crippen molar-refractivity contribution in [1.29, 1.82) is 0 Å². The monoisotopic (exact) mass is 161 g/mol. The molecule has 60 valence electrons. The Balaban J connectivity index is 2.07. The SMILES string of the molecule is CCN(CCCCl)C1CC1. The van der Waals surface area contributed by atoms with Gasteiger partial charge in [0.2, 0.25) is 0 Å². The fourth-order valence-electron chi connectivity index (χ4n) is 1.30. The summed E-state index contributed by atoms with van der Waals surface area (Å²) in [6.07, 6.45) is 3.97. The topological polar surface area (TPSA) is 3.24 Å². The maximum absolute atomic E-state index is 5.60. The van der Waals surface area contributed by atoms with Crippen LogP contribution in [-0.2, 0) is 0 Å².